The van der Waals surface area contributed by atoms with E-state index < -0.39 is 0 Å². The van der Waals surface area contributed by atoms with Gasteiger partial charge in [-0.1, -0.05) is 6.92 Å². The summed E-state index contributed by atoms with van der Waals surface area (Å²) in [6.45, 7) is 3.94. The first-order valence-electron chi connectivity index (χ1n) is 5.24. The molecular weight excluding hydrogens is 216 g/mol. The second-order valence-electron chi connectivity index (χ2n) is 3.88. The lowest BCUT2D eigenvalue weighted by Crippen LogP contribution is -2.36. The van der Waals surface area contributed by atoms with E-state index in [1.807, 2.05) is 6.92 Å². The van der Waals surface area contributed by atoms with Crippen molar-refractivity contribution in [3.63, 3.8) is 0 Å². The number of amides is 1. The lowest BCUT2D eigenvalue weighted by molar-refractivity contribution is -0.125. The van der Waals surface area contributed by atoms with Crippen LogP contribution in [0.4, 0.5) is 0 Å². The molecule has 1 unspecified atom stereocenters. The molecule has 0 aromatic heterocycles. The van der Waals surface area contributed by atoms with Gasteiger partial charge in [-0.05, 0) is 12.8 Å². The lowest BCUT2D eigenvalue weighted by Gasteiger charge is -2.11. The highest BCUT2D eigenvalue weighted by atomic mass is 35.5. The van der Waals surface area contributed by atoms with Crippen LogP contribution in [-0.4, -0.2) is 38.8 Å². The van der Waals surface area contributed by atoms with Gasteiger partial charge in [0.05, 0.1) is 12.5 Å². The molecule has 1 saturated carbocycles. The van der Waals surface area contributed by atoms with Crippen LogP contribution < -0.4 is 10.6 Å². The van der Waals surface area contributed by atoms with Gasteiger partial charge < -0.3 is 15.4 Å². The molecular formula is C10H21ClN2O2. The Balaban J connectivity index is 0.00000196. The summed E-state index contributed by atoms with van der Waals surface area (Å²) in [5.74, 6) is 0.0189. The van der Waals surface area contributed by atoms with Crippen LogP contribution in [0.25, 0.3) is 0 Å². The molecule has 0 radical (unpaired) electrons. The average molecular weight is 237 g/mol. The van der Waals surface area contributed by atoms with E-state index in [2.05, 4.69) is 10.6 Å². The molecule has 2 N–H and O–H groups in total. The molecule has 15 heavy (non-hydrogen) atoms. The van der Waals surface area contributed by atoms with E-state index in [1.165, 1.54) is 12.8 Å². The summed E-state index contributed by atoms with van der Waals surface area (Å²) in [6, 6.07) is 0.711. The van der Waals surface area contributed by atoms with Crippen molar-refractivity contribution < 1.29 is 9.53 Å². The van der Waals surface area contributed by atoms with E-state index in [9.17, 15) is 4.79 Å². The number of halogens is 1. The maximum absolute atomic E-state index is 11.4. The molecule has 1 aliphatic rings. The fraction of sp³-hybridized carbons (Fsp3) is 0.900. The van der Waals surface area contributed by atoms with E-state index in [-0.39, 0.29) is 24.2 Å². The van der Waals surface area contributed by atoms with Crippen LogP contribution in [0.5, 0.6) is 0 Å². The van der Waals surface area contributed by atoms with Crippen LogP contribution >= 0.6 is 12.4 Å². The summed E-state index contributed by atoms with van der Waals surface area (Å²) in [5.41, 5.74) is 0. The summed E-state index contributed by atoms with van der Waals surface area (Å²) in [6.07, 6.45) is 2.57. The Kier molecular flexibility index (Phi) is 7.74. The molecule has 5 heteroatoms. The second-order valence-corrected chi connectivity index (χ2v) is 3.88. The number of ether oxygens (including phenoxy) is 1. The molecule has 1 amide bonds. The standard InChI is InChI=1S/C10H20N2O2.ClH/c1-8(7-14-2)10(13)12-6-5-11-9-3-4-9;/h8-9,11H,3-7H2,1-2H3,(H,12,13);1H. The van der Waals surface area contributed by atoms with Gasteiger partial charge >= 0.3 is 0 Å². The van der Waals surface area contributed by atoms with E-state index in [1.54, 1.807) is 7.11 Å². The number of methoxy groups -OCH3 is 1. The number of hydrogen-bond acceptors (Lipinski definition) is 3. The molecule has 0 saturated heterocycles. The Labute approximate surface area is 97.5 Å². The highest BCUT2D eigenvalue weighted by Gasteiger charge is 2.19. The molecule has 0 aromatic rings. The van der Waals surface area contributed by atoms with Crippen molar-refractivity contribution >= 4 is 18.3 Å². The molecule has 1 atom stereocenters. The zero-order valence-electron chi connectivity index (χ0n) is 9.41. The van der Waals surface area contributed by atoms with Gasteiger partial charge in [-0.2, -0.15) is 0 Å². The van der Waals surface area contributed by atoms with Crippen molar-refractivity contribution in [3.05, 3.63) is 0 Å². The van der Waals surface area contributed by atoms with Crippen molar-refractivity contribution in [1.29, 1.82) is 0 Å². The van der Waals surface area contributed by atoms with Crippen molar-refractivity contribution in [2.45, 2.75) is 25.8 Å². The fourth-order valence-electron chi connectivity index (χ4n) is 1.25. The van der Waals surface area contributed by atoms with Crippen LogP contribution in [0.2, 0.25) is 0 Å². The molecule has 1 rings (SSSR count). The molecule has 1 fully saturated rings. The number of carbonyl (C=O) groups excluding carboxylic acids is 1. The number of rotatable bonds is 7. The third kappa shape index (κ3) is 6.71. The highest BCUT2D eigenvalue weighted by Crippen LogP contribution is 2.17. The van der Waals surface area contributed by atoms with Gasteiger partial charge in [0, 0.05) is 26.2 Å². The SMILES string of the molecule is COCC(C)C(=O)NCCNC1CC1.Cl. The van der Waals surface area contributed by atoms with Crippen LogP contribution in [0.3, 0.4) is 0 Å². The first-order chi connectivity index (χ1) is 6.74. The zero-order chi connectivity index (χ0) is 10.4. The summed E-state index contributed by atoms with van der Waals surface area (Å²) in [5, 5.41) is 6.21. The van der Waals surface area contributed by atoms with Gasteiger partial charge in [-0.15, -0.1) is 12.4 Å². The maximum atomic E-state index is 11.4. The number of carbonyl (C=O) groups is 1. The zero-order valence-corrected chi connectivity index (χ0v) is 10.2. The van der Waals surface area contributed by atoms with Gasteiger partial charge in [-0.3, -0.25) is 4.79 Å². The molecule has 0 aromatic carbocycles. The second kappa shape index (κ2) is 7.91. The number of hydrogen-bond donors (Lipinski definition) is 2. The Hall–Kier alpha value is -0.320. The van der Waals surface area contributed by atoms with Gasteiger partial charge in [0.25, 0.3) is 0 Å². The van der Waals surface area contributed by atoms with Crippen molar-refractivity contribution in [2.24, 2.45) is 5.92 Å². The van der Waals surface area contributed by atoms with Crippen LogP contribution in [-0.2, 0) is 9.53 Å². The molecule has 0 bridgehead atoms. The minimum Gasteiger partial charge on any atom is -0.384 e. The minimum absolute atomic E-state index is 0. The lowest BCUT2D eigenvalue weighted by atomic mass is 10.2. The Morgan fingerprint density at radius 2 is 2.13 bits per heavy atom. The van der Waals surface area contributed by atoms with E-state index in [4.69, 9.17) is 4.74 Å². The molecule has 4 nitrogen and oxygen atoms in total. The van der Waals surface area contributed by atoms with Gasteiger partial charge in [0.15, 0.2) is 0 Å². The quantitative estimate of drug-likeness (QED) is 0.635. The summed E-state index contributed by atoms with van der Waals surface area (Å²) >= 11 is 0. The predicted molar refractivity (Wildman–Crippen MR) is 62.3 cm³/mol. The average Bonchev–Trinajstić information content (AvgIpc) is 2.96. The number of nitrogens with one attached hydrogen (secondary N) is 2. The maximum Gasteiger partial charge on any atom is 0.225 e. The summed E-state index contributed by atoms with van der Waals surface area (Å²) < 4.78 is 4.90. The molecule has 0 spiro atoms. The van der Waals surface area contributed by atoms with Gasteiger partial charge in [0.2, 0.25) is 5.91 Å². The molecule has 1 aliphatic carbocycles. The normalized spacial score (nSPS) is 16.7. The molecule has 90 valence electrons. The summed E-state index contributed by atoms with van der Waals surface area (Å²) in [7, 11) is 1.61. The first kappa shape index (κ1) is 14.7. The Morgan fingerprint density at radius 1 is 1.47 bits per heavy atom. The summed E-state index contributed by atoms with van der Waals surface area (Å²) in [4.78, 5) is 11.4. The van der Waals surface area contributed by atoms with E-state index in [0.717, 1.165) is 6.54 Å². The molecule has 0 aliphatic heterocycles. The molecule has 0 heterocycles. The first-order valence-corrected chi connectivity index (χ1v) is 5.24. The van der Waals surface area contributed by atoms with Crippen molar-refractivity contribution in [3.8, 4) is 0 Å². The topological polar surface area (TPSA) is 50.4 Å². The van der Waals surface area contributed by atoms with Gasteiger partial charge in [-0.25, -0.2) is 0 Å². The Morgan fingerprint density at radius 3 is 2.67 bits per heavy atom. The van der Waals surface area contributed by atoms with Crippen molar-refractivity contribution in [1.82, 2.24) is 10.6 Å². The monoisotopic (exact) mass is 236 g/mol. The fourth-order valence-corrected chi connectivity index (χ4v) is 1.25. The van der Waals surface area contributed by atoms with E-state index in [0.29, 0.717) is 19.2 Å². The van der Waals surface area contributed by atoms with Crippen LogP contribution in [0, 0.1) is 5.92 Å². The van der Waals surface area contributed by atoms with Crippen LogP contribution in [0.1, 0.15) is 19.8 Å². The predicted octanol–water partition coefficient (Wildman–Crippen LogP) is 0.559. The van der Waals surface area contributed by atoms with Gasteiger partial charge in [0.1, 0.15) is 0 Å². The van der Waals surface area contributed by atoms with Crippen molar-refractivity contribution in [2.75, 3.05) is 26.8 Å². The van der Waals surface area contributed by atoms with Crippen LogP contribution in [0.15, 0.2) is 0 Å². The third-order valence-corrected chi connectivity index (χ3v) is 2.30. The largest absolute Gasteiger partial charge is 0.384 e. The highest BCUT2D eigenvalue weighted by molar-refractivity contribution is 5.85. The Bertz CT molecular complexity index is 186. The minimum atomic E-state index is -0.0547. The third-order valence-electron chi connectivity index (χ3n) is 2.30. The smallest absolute Gasteiger partial charge is 0.225 e. The van der Waals surface area contributed by atoms with E-state index >= 15 is 0 Å².